The zero-order valence-corrected chi connectivity index (χ0v) is 14.6. The molecule has 0 saturated carbocycles. The van der Waals surface area contributed by atoms with Crippen molar-refractivity contribution in [1.82, 2.24) is 4.98 Å². The molecule has 0 radical (unpaired) electrons. The molecule has 0 atom stereocenters. The zero-order valence-electron chi connectivity index (χ0n) is 13.0. The number of carbonyl (C=O) groups is 1. The van der Waals surface area contributed by atoms with Crippen molar-refractivity contribution in [2.45, 2.75) is 6.92 Å². The van der Waals surface area contributed by atoms with Gasteiger partial charge in [0, 0.05) is 10.7 Å². The number of nitrogens with one attached hydrogen (secondary N) is 1. The molecule has 3 aromatic rings. The van der Waals surface area contributed by atoms with Crippen LogP contribution in [0.5, 0.6) is 0 Å². The summed E-state index contributed by atoms with van der Waals surface area (Å²) in [4.78, 5) is 17.5. The zero-order chi connectivity index (χ0) is 16.9. The van der Waals surface area contributed by atoms with Gasteiger partial charge in [-0.1, -0.05) is 59.3 Å². The number of para-hydroxylation sites is 1. The van der Waals surface area contributed by atoms with E-state index in [1.165, 1.54) is 17.4 Å². The maximum Gasteiger partial charge on any atom is 0.197 e. The van der Waals surface area contributed by atoms with Gasteiger partial charge in [-0.15, -0.1) is 0 Å². The molecule has 3 rings (SSSR count). The molecule has 5 heteroatoms. The van der Waals surface area contributed by atoms with E-state index < -0.39 is 0 Å². The van der Waals surface area contributed by atoms with Crippen LogP contribution < -0.4 is 5.32 Å². The Morgan fingerprint density at radius 3 is 2.58 bits per heavy atom. The molecule has 0 aliphatic heterocycles. The third-order valence-corrected chi connectivity index (χ3v) is 4.80. The Labute approximate surface area is 149 Å². The number of aromatic nitrogens is 1. The fourth-order valence-electron chi connectivity index (χ4n) is 2.17. The molecule has 0 fully saturated rings. The lowest BCUT2D eigenvalue weighted by molar-refractivity contribution is 0.105. The molecule has 0 aliphatic rings. The van der Waals surface area contributed by atoms with Gasteiger partial charge in [0.1, 0.15) is 0 Å². The largest absolute Gasteiger partial charge is 0.332 e. The third-order valence-electron chi connectivity index (χ3n) is 3.36. The van der Waals surface area contributed by atoms with Gasteiger partial charge in [0.15, 0.2) is 10.9 Å². The summed E-state index contributed by atoms with van der Waals surface area (Å²) in [7, 11) is 0. The Balaban J connectivity index is 1.77. The van der Waals surface area contributed by atoms with Gasteiger partial charge >= 0.3 is 0 Å². The second-order valence-electron chi connectivity index (χ2n) is 5.14. The number of ketones is 1. The van der Waals surface area contributed by atoms with Gasteiger partial charge in [-0.3, -0.25) is 4.79 Å². The monoisotopic (exact) mass is 354 g/mol. The van der Waals surface area contributed by atoms with Gasteiger partial charge in [-0.2, -0.15) is 0 Å². The number of allylic oxidation sites excluding steroid dienone is 1. The standard InChI is InChI=1S/C19H15ClN2OS/c1-13-18(17(23)12-11-14-7-5-6-10-16(14)20)24-19(21-13)22-15-8-3-2-4-9-15/h2-12H,1H3,(H,21,22)/b12-11+. The number of halogens is 1. The van der Waals surface area contributed by atoms with Gasteiger partial charge in [-0.25, -0.2) is 4.98 Å². The van der Waals surface area contributed by atoms with Crippen LogP contribution in [0.1, 0.15) is 20.9 Å². The molecule has 120 valence electrons. The van der Waals surface area contributed by atoms with Gasteiger partial charge in [0.2, 0.25) is 0 Å². The van der Waals surface area contributed by atoms with Crippen LogP contribution in [0, 0.1) is 6.92 Å². The first-order valence-corrected chi connectivity index (χ1v) is 8.59. The van der Waals surface area contributed by atoms with Crippen molar-refractivity contribution in [2.24, 2.45) is 0 Å². The highest BCUT2D eigenvalue weighted by atomic mass is 35.5. The molecule has 0 spiro atoms. The molecule has 3 nitrogen and oxygen atoms in total. The predicted molar refractivity (Wildman–Crippen MR) is 101 cm³/mol. The summed E-state index contributed by atoms with van der Waals surface area (Å²) in [5.41, 5.74) is 2.47. The highest BCUT2D eigenvalue weighted by molar-refractivity contribution is 7.17. The summed E-state index contributed by atoms with van der Waals surface area (Å²) < 4.78 is 0. The molecule has 24 heavy (non-hydrogen) atoms. The lowest BCUT2D eigenvalue weighted by Gasteiger charge is -2.00. The average Bonchev–Trinajstić information content (AvgIpc) is 2.95. The van der Waals surface area contributed by atoms with Crippen molar-refractivity contribution in [1.29, 1.82) is 0 Å². The first kappa shape index (κ1) is 16.4. The van der Waals surface area contributed by atoms with Crippen molar-refractivity contribution in [3.63, 3.8) is 0 Å². The Morgan fingerprint density at radius 2 is 1.83 bits per heavy atom. The van der Waals surface area contributed by atoms with Crippen LogP contribution in [0.25, 0.3) is 6.08 Å². The molecule has 1 heterocycles. The third kappa shape index (κ3) is 3.91. The van der Waals surface area contributed by atoms with Crippen molar-refractivity contribution < 1.29 is 4.79 Å². The molecule has 0 bridgehead atoms. The second kappa shape index (κ2) is 7.43. The molecule has 0 amide bonds. The van der Waals surface area contributed by atoms with E-state index in [-0.39, 0.29) is 5.78 Å². The smallest absolute Gasteiger partial charge is 0.197 e. The SMILES string of the molecule is Cc1nc(Nc2ccccc2)sc1C(=O)/C=C/c1ccccc1Cl. The average molecular weight is 355 g/mol. The lowest BCUT2D eigenvalue weighted by Crippen LogP contribution is -1.93. The normalized spacial score (nSPS) is 10.9. The van der Waals surface area contributed by atoms with Crippen molar-refractivity contribution >= 4 is 45.6 Å². The molecule has 0 saturated heterocycles. The van der Waals surface area contributed by atoms with Crippen LogP contribution in [-0.2, 0) is 0 Å². The number of thiazole rings is 1. The Morgan fingerprint density at radius 1 is 1.12 bits per heavy atom. The van der Waals surface area contributed by atoms with Gasteiger partial charge in [0.25, 0.3) is 0 Å². The Hall–Kier alpha value is -2.43. The van der Waals surface area contributed by atoms with Crippen molar-refractivity contribution in [3.8, 4) is 0 Å². The highest BCUT2D eigenvalue weighted by Crippen LogP contribution is 2.26. The van der Waals surface area contributed by atoms with Crippen LogP contribution >= 0.6 is 22.9 Å². The Bertz CT molecular complexity index is 887. The summed E-state index contributed by atoms with van der Waals surface area (Å²) in [5, 5.41) is 4.53. The molecule has 0 aliphatic carbocycles. The molecule has 1 N–H and O–H groups in total. The first-order valence-electron chi connectivity index (χ1n) is 7.40. The topological polar surface area (TPSA) is 42.0 Å². The number of anilines is 2. The highest BCUT2D eigenvalue weighted by Gasteiger charge is 2.13. The van der Waals surface area contributed by atoms with Gasteiger partial charge in [-0.05, 0) is 42.8 Å². The van der Waals surface area contributed by atoms with E-state index in [0.717, 1.165) is 11.3 Å². The maximum absolute atomic E-state index is 12.4. The van der Waals surface area contributed by atoms with Crippen LogP contribution in [0.3, 0.4) is 0 Å². The predicted octanol–water partition coefficient (Wildman–Crippen LogP) is 5.74. The van der Waals surface area contributed by atoms with Crippen LogP contribution in [-0.4, -0.2) is 10.8 Å². The molecule has 0 unspecified atom stereocenters. The number of hydrogen-bond acceptors (Lipinski definition) is 4. The van der Waals surface area contributed by atoms with E-state index in [1.54, 1.807) is 12.1 Å². The van der Waals surface area contributed by atoms with Crippen LogP contribution in [0.4, 0.5) is 10.8 Å². The first-order chi connectivity index (χ1) is 11.6. The number of benzene rings is 2. The van der Waals surface area contributed by atoms with E-state index in [9.17, 15) is 4.79 Å². The van der Waals surface area contributed by atoms with E-state index in [0.29, 0.717) is 20.7 Å². The lowest BCUT2D eigenvalue weighted by atomic mass is 10.2. The minimum absolute atomic E-state index is 0.0777. The van der Waals surface area contributed by atoms with E-state index >= 15 is 0 Å². The molecule has 2 aromatic carbocycles. The number of hydrogen-bond donors (Lipinski definition) is 1. The van der Waals surface area contributed by atoms with E-state index in [4.69, 9.17) is 11.6 Å². The van der Waals surface area contributed by atoms with Crippen LogP contribution in [0.2, 0.25) is 5.02 Å². The molecular weight excluding hydrogens is 340 g/mol. The van der Waals surface area contributed by atoms with Crippen molar-refractivity contribution in [3.05, 3.63) is 81.8 Å². The summed E-state index contributed by atoms with van der Waals surface area (Å²) in [6, 6.07) is 17.2. The quantitative estimate of drug-likeness (QED) is 0.469. The number of nitrogens with zero attached hydrogens (tertiary/aromatic N) is 1. The van der Waals surface area contributed by atoms with Crippen molar-refractivity contribution in [2.75, 3.05) is 5.32 Å². The summed E-state index contributed by atoms with van der Waals surface area (Å²) in [6.07, 6.45) is 3.27. The summed E-state index contributed by atoms with van der Waals surface area (Å²) >= 11 is 7.44. The number of carbonyl (C=O) groups excluding carboxylic acids is 1. The van der Waals surface area contributed by atoms with E-state index in [1.807, 2.05) is 55.5 Å². The van der Waals surface area contributed by atoms with Gasteiger partial charge in [0.05, 0.1) is 10.6 Å². The van der Waals surface area contributed by atoms with Crippen LogP contribution in [0.15, 0.2) is 60.7 Å². The summed E-state index contributed by atoms with van der Waals surface area (Å²) in [6.45, 7) is 1.84. The molecule has 1 aromatic heterocycles. The number of rotatable bonds is 5. The fourth-order valence-corrected chi connectivity index (χ4v) is 3.28. The van der Waals surface area contributed by atoms with Gasteiger partial charge < -0.3 is 5.32 Å². The van der Waals surface area contributed by atoms with E-state index in [2.05, 4.69) is 10.3 Å². The summed E-state index contributed by atoms with van der Waals surface area (Å²) in [5.74, 6) is -0.0777. The second-order valence-corrected chi connectivity index (χ2v) is 6.55. The minimum atomic E-state index is -0.0777. The maximum atomic E-state index is 12.4. The number of aryl methyl sites for hydroxylation is 1. The molecular formula is C19H15ClN2OS. The fraction of sp³-hybridized carbons (Fsp3) is 0.0526. The minimum Gasteiger partial charge on any atom is -0.332 e. The Kier molecular flexibility index (Phi) is 5.08.